The van der Waals surface area contributed by atoms with Crippen LogP contribution < -0.4 is 5.32 Å². The summed E-state index contributed by atoms with van der Waals surface area (Å²) in [7, 11) is 0. The minimum Gasteiger partial charge on any atom is -0.326 e. The van der Waals surface area contributed by atoms with Crippen molar-refractivity contribution in [1.82, 2.24) is 14.7 Å². The minimum absolute atomic E-state index is 0.179. The molecule has 1 aliphatic heterocycles. The number of anilines is 1. The monoisotopic (exact) mass is 452 g/mol. The molecule has 146 valence electrons. The zero-order valence-electron chi connectivity index (χ0n) is 15.3. The highest BCUT2D eigenvalue weighted by atomic mass is 79.9. The van der Waals surface area contributed by atoms with Crippen LogP contribution in [0.15, 0.2) is 65.4 Å². The predicted molar refractivity (Wildman–Crippen MR) is 111 cm³/mol. The van der Waals surface area contributed by atoms with Crippen LogP contribution in [0.4, 0.5) is 5.69 Å². The first-order chi connectivity index (χ1) is 14.0. The summed E-state index contributed by atoms with van der Waals surface area (Å²) in [5.41, 5.74) is 2.29. The molecule has 0 saturated carbocycles. The number of benzene rings is 2. The van der Waals surface area contributed by atoms with Crippen LogP contribution in [0.1, 0.15) is 33.6 Å². The highest BCUT2D eigenvalue weighted by molar-refractivity contribution is 9.10. The van der Waals surface area contributed by atoms with Gasteiger partial charge in [-0.05, 0) is 48.9 Å². The number of hydrogen-bond donors (Lipinski definition) is 1. The molecule has 8 heteroatoms. The fraction of sp³-hybridized carbons (Fsp3) is 0.143. The molecule has 4 rings (SSSR count). The van der Waals surface area contributed by atoms with E-state index in [4.69, 9.17) is 0 Å². The number of fused-ring (bicyclic) bond motifs is 1. The van der Waals surface area contributed by atoms with E-state index in [1.165, 1.54) is 4.90 Å². The van der Waals surface area contributed by atoms with Crippen molar-refractivity contribution in [2.45, 2.75) is 12.8 Å². The Labute approximate surface area is 175 Å². The smallest absolute Gasteiger partial charge is 0.261 e. The second kappa shape index (κ2) is 8.00. The first-order valence-electron chi connectivity index (χ1n) is 9.08. The summed E-state index contributed by atoms with van der Waals surface area (Å²) in [6.07, 6.45) is 4.09. The van der Waals surface area contributed by atoms with Gasteiger partial charge in [-0.2, -0.15) is 5.10 Å². The molecular weight excluding hydrogens is 436 g/mol. The van der Waals surface area contributed by atoms with Gasteiger partial charge in [0.2, 0.25) is 5.91 Å². The van der Waals surface area contributed by atoms with Gasteiger partial charge in [0.05, 0.1) is 16.8 Å². The van der Waals surface area contributed by atoms with Gasteiger partial charge >= 0.3 is 0 Å². The van der Waals surface area contributed by atoms with Gasteiger partial charge in [0.1, 0.15) is 0 Å². The molecule has 3 aromatic rings. The lowest BCUT2D eigenvalue weighted by Crippen LogP contribution is -2.31. The van der Waals surface area contributed by atoms with Crippen LogP contribution in [0.2, 0.25) is 0 Å². The quantitative estimate of drug-likeness (QED) is 0.578. The van der Waals surface area contributed by atoms with Crippen LogP contribution in [0, 0.1) is 0 Å². The zero-order valence-corrected chi connectivity index (χ0v) is 16.9. The van der Waals surface area contributed by atoms with Crippen LogP contribution in [0.5, 0.6) is 0 Å². The summed E-state index contributed by atoms with van der Waals surface area (Å²) in [6, 6.07) is 14.2. The van der Waals surface area contributed by atoms with E-state index in [9.17, 15) is 14.4 Å². The molecule has 0 bridgehead atoms. The van der Waals surface area contributed by atoms with E-state index in [2.05, 4.69) is 26.3 Å². The van der Waals surface area contributed by atoms with Crippen molar-refractivity contribution in [3.63, 3.8) is 0 Å². The lowest BCUT2D eigenvalue weighted by atomic mass is 10.1. The van der Waals surface area contributed by atoms with Crippen LogP contribution in [0.3, 0.4) is 0 Å². The Balaban J connectivity index is 1.33. The maximum Gasteiger partial charge on any atom is 0.261 e. The Morgan fingerprint density at radius 1 is 1.03 bits per heavy atom. The maximum absolute atomic E-state index is 12.5. The average molecular weight is 453 g/mol. The molecule has 1 N–H and O–H groups in total. The Morgan fingerprint density at radius 3 is 2.66 bits per heavy atom. The summed E-state index contributed by atoms with van der Waals surface area (Å²) in [5, 5.41) is 7.01. The highest BCUT2D eigenvalue weighted by Crippen LogP contribution is 2.26. The van der Waals surface area contributed by atoms with E-state index in [-0.39, 0.29) is 30.7 Å². The van der Waals surface area contributed by atoms with Crippen molar-refractivity contribution in [2.24, 2.45) is 0 Å². The highest BCUT2D eigenvalue weighted by Gasteiger charge is 2.35. The maximum atomic E-state index is 12.5. The van der Waals surface area contributed by atoms with E-state index in [0.717, 1.165) is 10.2 Å². The summed E-state index contributed by atoms with van der Waals surface area (Å²) >= 11 is 3.31. The number of rotatable bonds is 6. The molecule has 0 saturated heterocycles. The molecule has 1 aliphatic rings. The summed E-state index contributed by atoms with van der Waals surface area (Å²) in [5.74, 6) is -0.814. The fourth-order valence-corrected chi connectivity index (χ4v) is 3.60. The van der Waals surface area contributed by atoms with Gasteiger partial charge in [-0.3, -0.25) is 19.3 Å². The molecule has 0 atom stereocenters. The number of carbonyl (C=O) groups excluding carboxylic acids is 3. The fourth-order valence-electron chi connectivity index (χ4n) is 3.23. The van der Waals surface area contributed by atoms with E-state index in [0.29, 0.717) is 23.2 Å². The Kier molecular flexibility index (Phi) is 5.26. The predicted octanol–water partition coefficient (Wildman–Crippen LogP) is 3.65. The molecule has 29 heavy (non-hydrogen) atoms. The second-order valence-corrected chi connectivity index (χ2v) is 7.52. The van der Waals surface area contributed by atoms with Gasteiger partial charge in [-0.15, -0.1) is 0 Å². The van der Waals surface area contributed by atoms with Crippen molar-refractivity contribution >= 4 is 39.3 Å². The van der Waals surface area contributed by atoms with E-state index < -0.39 is 0 Å². The van der Waals surface area contributed by atoms with Gasteiger partial charge in [0, 0.05) is 35.5 Å². The Hall–Kier alpha value is -3.26. The first-order valence-corrected chi connectivity index (χ1v) is 9.88. The molecule has 0 unspecified atom stereocenters. The second-order valence-electron chi connectivity index (χ2n) is 6.60. The molecule has 7 nitrogen and oxygen atoms in total. The molecule has 0 radical (unpaired) electrons. The molecule has 2 heterocycles. The number of halogens is 1. The number of carbonyl (C=O) groups is 3. The largest absolute Gasteiger partial charge is 0.326 e. The van der Waals surface area contributed by atoms with Crippen LogP contribution in [0.25, 0.3) is 5.69 Å². The van der Waals surface area contributed by atoms with Gasteiger partial charge in [-0.25, -0.2) is 4.68 Å². The van der Waals surface area contributed by atoms with Gasteiger partial charge in [-0.1, -0.05) is 22.0 Å². The van der Waals surface area contributed by atoms with Crippen molar-refractivity contribution < 1.29 is 14.4 Å². The molecule has 1 aromatic heterocycles. The molecule has 0 fully saturated rings. The van der Waals surface area contributed by atoms with Crippen LogP contribution >= 0.6 is 15.9 Å². The van der Waals surface area contributed by atoms with E-state index in [1.54, 1.807) is 35.1 Å². The molecule has 3 amide bonds. The number of amides is 3. The molecule has 0 spiro atoms. The standard InChI is InChI=1S/C21H17BrN4O3/c22-14-7-8-17-18(12-14)21(29)25(20(17)28)10-2-6-19(27)24-15-4-1-5-16(13-15)26-11-3-9-23-26/h1,3-5,7-9,11-13H,2,6,10H2,(H,24,27). The van der Waals surface area contributed by atoms with Crippen LogP contribution in [-0.4, -0.2) is 38.9 Å². The number of aromatic nitrogens is 2. The van der Waals surface area contributed by atoms with Gasteiger partial charge < -0.3 is 5.32 Å². The normalized spacial score (nSPS) is 12.9. The van der Waals surface area contributed by atoms with Crippen LogP contribution in [-0.2, 0) is 4.79 Å². The minimum atomic E-state index is -0.321. The molecule has 2 aromatic carbocycles. The van der Waals surface area contributed by atoms with Gasteiger partial charge in [0.25, 0.3) is 11.8 Å². The van der Waals surface area contributed by atoms with Crippen molar-refractivity contribution in [1.29, 1.82) is 0 Å². The van der Waals surface area contributed by atoms with Crippen molar-refractivity contribution in [2.75, 3.05) is 11.9 Å². The zero-order chi connectivity index (χ0) is 20.4. The first kappa shape index (κ1) is 19.1. The summed E-state index contributed by atoms with van der Waals surface area (Å²) in [6.45, 7) is 0.199. The third-order valence-corrected chi connectivity index (χ3v) is 5.11. The summed E-state index contributed by atoms with van der Waals surface area (Å²) < 4.78 is 2.45. The Bertz CT molecular complexity index is 1100. The van der Waals surface area contributed by atoms with Crippen molar-refractivity contribution in [3.05, 3.63) is 76.5 Å². The van der Waals surface area contributed by atoms with E-state index >= 15 is 0 Å². The number of nitrogens with one attached hydrogen (secondary N) is 1. The SMILES string of the molecule is O=C(CCCN1C(=O)c2ccc(Br)cc2C1=O)Nc1cccc(-n2cccn2)c1. The lowest BCUT2D eigenvalue weighted by Gasteiger charge is -2.13. The van der Waals surface area contributed by atoms with Crippen molar-refractivity contribution in [3.8, 4) is 5.69 Å². The third kappa shape index (κ3) is 3.97. The van der Waals surface area contributed by atoms with E-state index in [1.807, 2.05) is 30.5 Å². The lowest BCUT2D eigenvalue weighted by molar-refractivity contribution is -0.116. The van der Waals surface area contributed by atoms with Gasteiger partial charge in [0.15, 0.2) is 0 Å². The topological polar surface area (TPSA) is 84.3 Å². The third-order valence-electron chi connectivity index (χ3n) is 4.62. The average Bonchev–Trinajstić information content (AvgIpc) is 3.32. The Morgan fingerprint density at radius 2 is 1.86 bits per heavy atom. The molecule has 0 aliphatic carbocycles. The molecular formula is C21H17BrN4O3. The summed E-state index contributed by atoms with van der Waals surface area (Å²) in [4.78, 5) is 38.3. The number of hydrogen-bond acceptors (Lipinski definition) is 4. The number of imide groups is 1. The number of nitrogens with zero attached hydrogens (tertiary/aromatic N) is 3.